The first kappa shape index (κ1) is 25.1. The first-order chi connectivity index (χ1) is 18.5. The average Bonchev–Trinajstić information content (AvgIpc) is 2.96. The molecule has 0 aliphatic rings. The number of nitrogens with one attached hydrogen (secondary N) is 1. The van der Waals surface area contributed by atoms with Crippen LogP contribution < -0.4 is 14.8 Å². The Balaban J connectivity index is 1.37. The van der Waals surface area contributed by atoms with Crippen molar-refractivity contribution in [3.8, 4) is 11.5 Å². The number of ketones is 1. The number of rotatable bonds is 8. The number of anilines is 1. The number of fused-ring (bicyclic) bond motifs is 1. The molecule has 0 heterocycles. The van der Waals surface area contributed by atoms with E-state index in [1.54, 1.807) is 67.8 Å². The molecule has 0 aliphatic carbocycles. The molecule has 0 aromatic heterocycles. The van der Waals surface area contributed by atoms with Crippen molar-refractivity contribution in [3.63, 3.8) is 0 Å². The van der Waals surface area contributed by atoms with E-state index < -0.39 is 0 Å². The van der Waals surface area contributed by atoms with Crippen molar-refractivity contribution >= 4 is 39.8 Å². The summed E-state index contributed by atoms with van der Waals surface area (Å²) < 4.78 is 11.5. The van der Waals surface area contributed by atoms with E-state index in [0.29, 0.717) is 44.5 Å². The van der Waals surface area contributed by atoms with Crippen molar-refractivity contribution in [1.29, 1.82) is 0 Å². The SMILES string of the molecule is COc1ccc(C(=O)Nc2ccc(Cl)cc2C(=O)c2ccccc2)cc1COc1ccc2ccccc2c1. The molecular weight excluding hydrogens is 498 g/mol. The molecule has 5 rings (SSSR count). The number of halogens is 1. The zero-order valence-corrected chi connectivity index (χ0v) is 21.4. The van der Waals surface area contributed by atoms with Crippen LogP contribution in [-0.4, -0.2) is 18.8 Å². The van der Waals surface area contributed by atoms with E-state index in [-0.39, 0.29) is 18.3 Å². The Bertz CT molecular complexity index is 1630. The Morgan fingerprint density at radius 2 is 1.53 bits per heavy atom. The zero-order valence-electron chi connectivity index (χ0n) is 20.6. The molecule has 0 radical (unpaired) electrons. The lowest BCUT2D eigenvalue weighted by molar-refractivity contribution is 0.102. The molecule has 188 valence electrons. The second-order valence-corrected chi connectivity index (χ2v) is 9.10. The van der Waals surface area contributed by atoms with Gasteiger partial charge in [0.15, 0.2) is 5.78 Å². The first-order valence-electron chi connectivity index (χ1n) is 12.0. The number of methoxy groups -OCH3 is 1. The maximum Gasteiger partial charge on any atom is 0.255 e. The van der Waals surface area contributed by atoms with Gasteiger partial charge in [-0.3, -0.25) is 9.59 Å². The van der Waals surface area contributed by atoms with Gasteiger partial charge in [0.2, 0.25) is 0 Å². The highest BCUT2D eigenvalue weighted by Gasteiger charge is 2.18. The summed E-state index contributed by atoms with van der Waals surface area (Å²) in [5, 5.41) is 5.47. The lowest BCUT2D eigenvalue weighted by Crippen LogP contribution is -2.16. The average molecular weight is 522 g/mol. The second kappa shape index (κ2) is 11.2. The molecule has 0 aliphatic heterocycles. The van der Waals surface area contributed by atoms with E-state index in [1.165, 1.54) is 0 Å². The Morgan fingerprint density at radius 1 is 0.763 bits per heavy atom. The van der Waals surface area contributed by atoms with Crippen LogP contribution in [0.5, 0.6) is 11.5 Å². The van der Waals surface area contributed by atoms with Crippen molar-refractivity contribution in [3.05, 3.63) is 136 Å². The number of hydrogen-bond acceptors (Lipinski definition) is 4. The van der Waals surface area contributed by atoms with E-state index in [4.69, 9.17) is 21.1 Å². The molecule has 0 spiro atoms. The predicted octanol–water partition coefficient (Wildman–Crippen LogP) is 7.56. The summed E-state index contributed by atoms with van der Waals surface area (Å²) in [6, 6.07) is 32.7. The first-order valence-corrected chi connectivity index (χ1v) is 12.4. The van der Waals surface area contributed by atoms with E-state index in [1.807, 2.05) is 48.5 Å². The standard InChI is InChI=1S/C32H24ClNO4/c1-37-30-16-12-24(17-25(30)20-38-27-14-11-21-7-5-6-10-23(21)18-27)32(36)34-29-15-13-26(33)19-28(29)31(35)22-8-3-2-4-9-22/h2-19H,20H2,1H3,(H,34,36). The molecule has 5 aromatic carbocycles. The summed E-state index contributed by atoms with van der Waals surface area (Å²) in [5.74, 6) is 0.714. The van der Waals surface area contributed by atoms with Gasteiger partial charge in [-0.15, -0.1) is 0 Å². The van der Waals surface area contributed by atoms with Gasteiger partial charge in [0, 0.05) is 27.3 Å². The zero-order chi connectivity index (χ0) is 26.5. The maximum absolute atomic E-state index is 13.2. The Labute approximate surface area is 225 Å². The third kappa shape index (κ3) is 5.53. The fourth-order valence-corrected chi connectivity index (χ4v) is 4.38. The molecule has 0 fully saturated rings. The largest absolute Gasteiger partial charge is 0.496 e. The van der Waals surface area contributed by atoms with Gasteiger partial charge in [-0.1, -0.05) is 72.3 Å². The minimum atomic E-state index is -0.371. The molecule has 38 heavy (non-hydrogen) atoms. The summed E-state index contributed by atoms with van der Waals surface area (Å²) in [6.45, 7) is 0.210. The van der Waals surface area contributed by atoms with Crippen molar-refractivity contribution in [2.75, 3.05) is 12.4 Å². The number of carbonyl (C=O) groups excluding carboxylic acids is 2. The second-order valence-electron chi connectivity index (χ2n) is 8.66. The summed E-state index contributed by atoms with van der Waals surface area (Å²) in [6.07, 6.45) is 0. The van der Waals surface area contributed by atoms with Gasteiger partial charge in [-0.05, 0) is 59.3 Å². The number of amides is 1. The molecule has 0 saturated carbocycles. The molecule has 0 saturated heterocycles. The topological polar surface area (TPSA) is 64.6 Å². The summed E-state index contributed by atoms with van der Waals surface area (Å²) in [5.41, 5.74) is 2.30. The lowest BCUT2D eigenvalue weighted by Gasteiger charge is -2.14. The van der Waals surface area contributed by atoms with Crippen molar-refractivity contribution in [1.82, 2.24) is 0 Å². The van der Waals surface area contributed by atoms with Crippen LogP contribution in [0.2, 0.25) is 5.02 Å². The van der Waals surface area contributed by atoms with Crippen LogP contribution >= 0.6 is 11.6 Å². The fourth-order valence-electron chi connectivity index (χ4n) is 4.20. The van der Waals surface area contributed by atoms with Crippen molar-refractivity contribution in [2.45, 2.75) is 6.61 Å². The van der Waals surface area contributed by atoms with Crippen molar-refractivity contribution < 1.29 is 19.1 Å². The Morgan fingerprint density at radius 3 is 2.32 bits per heavy atom. The minimum absolute atomic E-state index is 0.210. The molecule has 0 unspecified atom stereocenters. The van der Waals surface area contributed by atoms with E-state index in [0.717, 1.165) is 10.8 Å². The van der Waals surface area contributed by atoms with Crippen LogP contribution in [0.3, 0.4) is 0 Å². The molecule has 1 amide bonds. The predicted molar refractivity (Wildman–Crippen MR) is 151 cm³/mol. The fraction of sp³-hybridized carbons (Fsp3) is 0.0625. The Kier molecular flexibility index (Phi) is 7.38. The molecule has 6 heteroatoms. The number of benzene rings is 5. The number of hydrogen-bond donors (Lipinski definition) is 1. The van der Waals surface area contributed by atoms with Crippen molar-refractivity contribution in [2.24, 2.45) is 0 Å². The quantitative estimate of drug-likeness (QED) is 0.214. The third-order valence-electron chi connectivity index (χ3n) is 6.17. The highest BCUT2D eigenvalue weighted by molar-refractivity contribution is 6.31. The summed E-state index contributed by atoms with van der Waals surface area (Å²) in [4.78, 5) is 26.4. The van der Waals surface area contributed by atoms with Crippen LogP contribution in [0.1, 0.15) is 31.8 Å². The van der Waals surface area contributed by atoms with E-state index >= 15 is 0 Å². The van der Waals surface area contributed by atoms with E-state index in [9.17, 15) is 9.59 Å². The number of ether oxygens (including phenoxy) is 2. The van der Waals surface area contributed by atoms with Crippen LogP contribution in [0.25, 0.3) is 10.8 Å². The van der Waals surface area contributed by atoms with Crippen LogP contribution in [0, 0.1) is 0 Å². The van der Waals surface area contributed by atoms with Gasteiger partial charge in [-0.2, -0.15) is 0 Å². The molecule has 0 atom stereocenters. The molecule has 0 bridgehead atoms. The summed E-state index contributed by atoms with van der Waals surface area (Å²) in [7, 11) is 1.57. The summed E-state index contributed by atoms with van der Waals surface area (Å²) >= 11 is 6.18. The normalized spacial score (nSPS) is 10.7. The van der Waals surface area contributed by atoms with Gasteiger partial charge in [0.05, 0.1) is 12.8 Å². The van der Waals surface area contributed by atoms with E-state index in [2.05, 4.69) is 5.32 Å². The third-order valence-corrected chi connectivity index (χ3v) is 6.40. The van der Waals surface area contributed by atoms with Gasteiger partial charge in [0.25, 0.3) is 5.91 Å². The molecule has 1 N–H and O–H groups in total. The maximum atomic E-state index is 13.2. The van der Waals surface area contributed by atoms with Crippen LogP contribution in [-0.2, 0) is 6.61 Å². The monoisotopic (exact) mass is 521 g/mol. The van der Waals surface area contributed by atoms with Gasteiger partial charge >= 0.3 is 0 Å². The molecule has 5 nitrogen and oxygen atoms in total. The van der Waals surface area contributed by atoms with Gasteiger partial charge < -0.3 is 14.8 Å². The minimum Gasteiger partial charge on any atom is -0.496 e. The Hall–Kier alpha value is -4.61. The molecule has 5 aromatic rings. The lowest BCUT2D eigenvalue weighted by atomic mass is 10.0. The van der Waals surface area contributed by atoms with Gasteiger partial charge in [-0.25, -0.2) is 0 Å². The van der Waals surface area contributed by atoms with Gasteiger partial charge in [0.1, 0.15) is 18.1 Å². The number of carbonyl (C=O) groups is 2. The highest BCUT2D eigenvalue weighted by Crippen LogP contribution is 2.27. The highest BCUT2D eigenvalue weighted by atomic mass is 35.5. The van der Waals surface area contributed by atoms with Crippen LogP contribution in [0.15, 0.2) is 109 Å². The van der Waals surface area contributed by atoms with Crippen LogP contribution in [0.4, 0.5) is 5.69 Å². The smallest absolute Gasteiger partial charge is 0.255 e. The molecular formula is C32H24ClNO4.